The van der Waals surface area contributed by atoms with Gasteiger partial charge >= 0.3 is 0 Å². The minimum atomic E-state index is -0.468. The number of anilines is 2. The highest BCUT2D eigenvalue weighted by atomic mass is 32.1. The highest BCUT2D eigenvalue weighted by Gasteiger charge is 2.16. The second-order valence-corrected chi connectivity index (χ2v) is 5.73. The second kappa shape index (κ2) is 7.74. The van der Waals surface area contributed by atoms with Crippen LogP contribution in [0, 0.1) is 24.0 Å². The average molecular weight is 345 g/mol. The zero-order chi connectivity index (χ0) is 17.7. The normalized spacial score (nSPS) is 10.1. The van der Waals surface area contributed by atoms with Gasteiger partial charge in [0.05, 0.1) is 17.6 Å². The van der Waals surface area contributed by atoms with E-state index in [1.54, 1.807) is 12.1 Å². The molecule has 0 aromatic heterocycles. The molecule has 2 N–H and O–H groups in total. The minimum Gasteiger partial charge on any atom is -0.494 e. The van der Waals surface area contributed by atoms with Crippen LogP contribution in [-0.4, -0.2) is 16.6 Å². The molecule has 2 aromatic rings. The van der Waals surface area contributed by atoms with Gasteiger partial charge in [-0.3, -0.25) is 10.1 Å². The number of aryl methyl sites for hydroxylation is 2. The Morgan fingerprint density at radius 3 is 2.42 bits per heavy atom. The summed E-state index contributed by atoms with van der Waals surface area (Å²) in [5.41, 5.74) is 3.26. The van der Waals surface area contributed by atoms with Gasteiger partial charge in [-0.05, 0) is 68.4 Å². The smallest absolute Gasteiger partial charge is 0.296 e. The Hall–Kier alpha value is -2.67. The fourth-order valence-electron chi connectivity index (χ4n) is 2.36. The van der Waals surface area contributed by atoms with E-state index in [-0.39, 0.29) is 10.8 Å². The van der Waals surface area contributed by atoms with Crippen molar-refractivity contribution in [2.45, 2.75) is 20.8 Å². The van der Waals surface area contributed by atoms with Gasteiger partial charge in [-0.1, -0.05) is 6.07 Å². The van der Waals surface area contributed by atoms with E-state index in [0.717, 1.165) is 16.8 Å². The molecule has 0 heterocycles. The Labute approximate surface area is 146 Å². The number of rotatable bonds is 5. The van der Waals surface area contributed by atoms with Crippen LogP contribution in [0.4, 0.5) is 17.1 Å². The van der Waals surface area contributed by atoms with E-state index in [9.17, 15) is 10.1 Å². The third-order valence-electron chi connectivity index (χ3n) is 3.20. The van der Waals surface area contributed by atoms with E-state index in [2.05, 4.69) is 16.7 Å². The summed E-state index contributed by atoms with van der Waals surface area (Å²) in [6.45, 7) is 6.25. The highest BCUT2D eigenvalue weighted by Crippen LogP contribution is 2.29. The van der Waals surface area contributed by atoms with Gasteiger partial charge in [-0.25, -0.2) is 0 Å². The molecule has 126 valence electrons. The van der Waals surface area contributed by atoms with Gasteiger partial charge in [-0.2, -0.15) is 0 Å². The number of ether oxygens (including phenoxy) is 1. The maximum atomic E-state index is 11.3. The molecule has 0 aliphatic rings. The second-order valence-electron chi connectivity index (χ2n) is 5.32. The molecule has 0 aliphatic carbocycles. The summed E-state index contributed by atoms with van der Waals surface area (Å²) in [4.78, 5) is 10.8. The van der Waals surface area contributed by atoms with Gasteiger partial charge in [0, 0.05) is 5.69 Å². The van der Waals surface area contributed by atoms with Crippen molar-refractivity contribution in [3.05, 3.63) is 57.6 Å². The lowest BCUT2D eigenvalue weighted by molar-refractivity contribution is -0.384. The monoisotopic (exact) mass is 345 g/mol. The molecule has 2 aromatic carbocycles. The van der Waals surface area contributed by atoms with Crippen LogP contribution in [0.5, 0.6) is 5.75 Å². The first-order valence-corrected chi connectivity index (χ1v) is 7.87. The standard InChI is InChI=1S/C17H19N3O3S/c1-4-23-14-5-6-15(16(10-14)20(21)22)19-17(24)18-13-8-11(2)7-12(3)9-13/h5-10H,4H2,1-3H3,(H2,18,19,24). The molecule has 24 heavy (non-hydrogen) atoms. The van der Waals surface area contributed by atoms with Crippen LogP contribution < -0.4 is 15.4 Å². The zero-order valence-electron chi connectivity index (χ0n) is 13.8. The van der Waals surface area contributed by atoms with Crippen LogP contribution in [-0.2, 0) is 0 Å². The maximum absolute atomic E-state index is 11.3. The average Bonchev–Trinajstić information content (AvgIpc) is 2.47. The van der Waals surface area contributed by atoms with Gasteiger partial charge in [0.2, 0.25) is 0 Å². The van der Waals surface area contributed by atoms with Gasteiger partial charge in [0.1, 0.15) is 11.4 Å². The Morgan fingerprint density at radius 2 is 1.83 bits per heavy atom. The minimum absolute atomic E-state index is 0.0921. The lowest BCUT2D eigenvalue weighted by Gasteiger charge is -2.13. The van der Waals surface area contributed by atoms with E-state index in [1.807, 2.05) is 32.9 Å². The summed E-state index contributed by atoms with van der Waals surface area (Å²) in [7, 11) is 0. The number of nitrogens with zero attached hydrogens (tertiary/aromatic N) is 1. The highest BCUT2D eigenvalue weighted by molar-refractivity contribution is 7.80. The van der Waals surface area contributed by atoms with Crippen LogP contribution >= 0.6 is 12.2 Å². The summed E-state index contributed by atoms with van der Waals surface area (Å²) in [6.07, 6.45) is 0. The summed E-state index contributed by atoms with van der Waals surface area (Å²) in [5, 5.41) is 17.5. The molecular formula is C17H19N3O3S. The third-order valence-corrected chi connectivity index (χ3v) is 3.41. The lowest BCUT2D eigenvalue weighted by Crippen LogP contribution is -2.20. The first-order valence-electron chi connectivity index (χ1n) is 7.46. The van der Waals surface area contributed by atoms with Crippen LogP contribution in [0.2, 0.25) is 0 Å². The van der Waals surface area contributed by atoms with Crippen molar-refractivity contribution in [1.82, 2.24) is 0 Å². The fraction of sp³-hybridized carbons (Fsp3) is 0.235. The Morgan fingerprint density at radius 1 is 1.17 bits per heavy atom. The van der Waals surface area contributed by atoms with Crippen LogP contribution in [0.1, 0.15) is 18.1 Å². The third kappa shape index (κ3) is 4.66. The predicted molar refractivity (Wildman–Crippen MR) is 100 cm³/mol. The number of nitrogens with one attached hydrogen (secondary N) is 2. The number of hydrogen-bond acceptors (Lipinski definition) is 4. The molecule has 0 amide bonds. The summed E-state index contributed by atoms with van der Waals surface area (Å²) in [5.74, 6) is 0.447. The number of hydrogen-bond donors (Lipinski definition) is 2. The van der Waals surface area contributed by atoms with Crippen molar-refractivity contribution in [3.63, 3.8) is 0 Å². The maximum Gasteiger partial charge on any atom is 0.296 e. The van der Waals surface area contributed by atoms with E-state index >= 15 is 0 Å². The molecule has 0 atom stereocenters. The molecule has 0 fully saturated rings. The van der Waals surface area contributed by atoms with E-state index < -0.39 is 4.92 Å². The van der Waals surface area contributed by atoms with Crippen LogP contribution in [0.25, 0.3) is 0 Å². The van der Waals surface area contributed by atoms with Crippen LogP contribution in [0.3, 0.4) is 0 Å². The van der Waals surface area contributed by atoms with Gasteiger partial charge < -0.3 is 15.4 Å². The SMILES string of the molecule is CCOc1ccc(NC(=S)Nc2cc(C)cc(C)c2)c([N+](=O)[O-])c1. The molecular weight excluding hydrogens is 326 g/mol. The molecule has 0 unspecified atom stereocenters. The Kier molecular flexibility index (Phi) is 5.70. The molecule has 6 nitrogen and oxygen atoms in total. The molecule has 0 spiro atoms. The van der Waals surface area contributed by atoms with Crippen LogP contribution in [0.15, 0.2) is 36.4 Å². The van der Waals surface area contributed by atoms with Gasteiger partial charge in [-0.15, -0.1) is 0 Å². The summed E-state index contributed by atoms with van der Waals surface area (Å²) < 4.78 is 5.30. The van der Waals surface area contributed by atoms with Crippen molar-refractivity contribution < 1.29 is 9.66 Å². The van der Waals surface area contributed by atoms with E-state index in [0.29, 0.717) is 18.0 Å². The summed E-state index contributed by atoms with van der Waals surface area (Å²) >= 11 is 5.26. The molecule has 7 heteroatoms. The molecule has 0 aliphatic heterocycles. The first kappa shape index (κ1) is 17.7. The zero-order valence-corrected chi connectivity index (χ0v) is 14.6. The Bertz CT molecular complexity index is 757. The lowest BCUT2D eigenvalue weighted by atomic mass is 10.1. The van der Waals surface area contributed by atoms with E-state index in [1.165, 1.54) is 6.07 Å². The topological polar surface area (TPSA) is 76.4 Å². The largest absolute Gasteiger partial charge is 0.494 e. The van der Waals surface area contributed by atoms with Gasteiger partial charge in [0.15, 0.2) is 5.11 Å². The number of benzene rings is 2. The number of thiocarbonyl (C=S) groups is 1. The quantitative estimate of drug-likeness (QED) is 0.475. The molecule has 2 rings (SSSR count). The van der Waals surface area contributed by atoms with Crippen molar-refractivity contribution in [2.75, 3.05) is 17.2 Å². The van der Waals surface area contributed by atoms with Crippen molar-refractivity contribution in [2.24, 2.45) is 0 Å². The predicted octanol–water partition coefficient (Wildman–Crippen LogP) is 4.42. The van der Waals surface area contributed by atoms with Crippen molar-refractivity contribution in [3.8, 4) is 5.75 Å². The summed E-state index contributed by atoms with van der Waals surface area (Å²) in [6, 6.07) is 10.6. The molecule has 0 bridgehead atoms. The fourth-order valence-corrected chi connectivity index (χ4v) is 2.58. The molecule has 0 radical (unpaired) electrons. The van der Waals surface area contributed by atoms with Crippen molar-refractivity contribution in [1.29, 1.82) is 0 Å². The number of nitro benzene ring substituents is 1. The molecule has 0 saturated heterocycles. The number of nitro groups is 1. The van der Waals surface area contributed by atoms with Crippen molar-refractivity contribution >= 4 is 34.4 Å². The Balaban J connectivity index is 2.17. The first-order chi connectivity index (χ1) is 11.4. The van der Waals surface area contributed by atoms with E-state index in [4.69, 9.17) is 17.0 Å². The van der Waals surface area contributed by atoms with Gasteiger partial charge in [0.25, 0.3) is 5.69 Å². The molecule has 0 saturated carbocycles.